The Balaban J connectivity index is 2.96. The SMILES string of the molecule is C=CCN(C(=O)C1(C)COCC1N)C(C)(C)C. The molecule has 1 aliphatic heterocycles. The Morgan fingerprint density at radius 2 is 2.24 bits per heavy atom. The summed E-state index contributed by atoms with van der Waals surface area (Å²) in [5.41, 5.74) is 5.14. The van der Waals surface area contributed by atoms with E-state index >= 15 is 0 Å². The lowest BCUT2D eigenvalue weighted by atomic mass is 9.83. The van der Waals surface area contributed by atoms with E-state index in [1.807, 2.05) is 32.6 Å². The van der Waals surface area contributed by atoms with E-state index in [0.717, 1.165) is 0 Å². The molecule has 4 heteroatoms. The van der Waals surface area contributed by atoms with E-state index in [4.69, 9.17) is 10.5 Å². The lowest BCUT2D eigenvalue weighted by molar-refractivity contribution is -0.146. The number of rotatable bonds is 3. The van der Waals surface area contributed by atoms with Gasteiger partial charge in [0.15, 0.2) is 0 Å². The van der Waals surface area contributed by atoms with Gasteiger partial charge in [-0.15, -0.1) is 6.58 Å². The summed E-state index contributed by atoms with van der Waals surface area (Å²) < 4.78 is 5.34. The number of carbonyl (C=O) groups is 1. The summed E-state index contributed by atoms with van der Waals surface area (Å²) in [7, 11) is 0. The zero-order chi connectivity index (χ0) is 13.3. The number of amides is 1. The average Bonchev–Trinajstić information content (AvgIpc) is 2.54. The molecule has 0 aliphatic carbocycles. The van der Waals surface area contributed by atoms with Gasteiger partial charge in [0.25, 0.3) is 0 Å². The second-order valence-electron chi connectivity index (χ2n) is 5.91. The quantitative estimate of drug-likeness (QED) is 0.753. The van der Waals surface area contributed by atoms with Crippen LogP contribution in [0, 0.1) is 5.41 Å². The molecule has 0 bridgehead atoms. The van der Waals surface area contributed by atoms with Gasteiger partial charge >= 0.3 is 0 Å². The maximum absolute atomic E-state index is 12.6. The predicted octanol–water partition coefficient (Wildman–Crippen LogP) is 1.16. The van der Waals surface area contributed by atoms with E-state index in [9.17, 15) is 4.79 Å². The Bertz CT molecular complexity index is 309. The number of ether oxygens (including phenoxy) is 1. The first-order chi connectivity index (χ1) is 7.73. The van der Waals surface area contributed by atoms with Crippen LogP contribution in [-0.4, -0.2) is 42.1 Å². The molecule has 2 atom stereocenters. The van der Waals surface area contributed by atoms with Crippen LogP contribution in [-0.2, 0) is 9.53 Å². The first kappa shape index (κ1) is 14.2. The van der Waals surface area contributed by atoms with Gasteiger partial charge in [0.05, 0.1) is 18.6 Å². The Morgan fingerprint density at radius 3 is 2.59 bits per heavy atom. The Hall–Kier alpha value is -0.870. The zero-order valence-corrected chi connectivity index (χ0v) is 11.3. The largest absolute Gasteiger partial charge is 0.379 e. The Kier molecular flexibility index (Phi) is 3.99. The average molecular weight is 240 g/mol. The summed E-state index contributed by atoms with van der Waals surface area (Å²) in [6, 6.07) is -0.232. The van der Waals surface area contributed by atoms with E-state index in [1.54, 1.807) is 6.08 Å². The Labute approximate surface area is 104 Å². The molecule has 1 rings (SSSR count). The van der Waals surface area contributed by atoms with Crippen molar-refractivity contribution in [3.05, 3.63) is 12.7 Å². The monoisotopic (exact) mass is 240 g/mol. The fraction of sp³-hybridized carbons (Fsp3) is 0.769. The number of carbonyl (C=O) groups excluding carboxylic acids is 1. The van der Waals surface area contributed by atoms with Crippen LogP contribution >= 0.6 is 0 Å². The molecule has 0 aromatic heterocycles. The van der Waals surface area contributed by atoms with Gasteiger partial charge in [-0.2, -0.15) is 0 Å². The van der Waals surface area contributed by atoms with Crippen molar-refractivity contribution < 1.29 is 9.53 Å². The molecule has 0 aromatic carbocycles. The molecule has 0 radical (unpaired) electrons. The minimum atomic E-state index is -0.615. The lowest BCUT2D eigenvalue weighted by Crippen LogP contribution is -2.56. The lowest BCUT2D eigenvalue weighted by Gasteiger charge is -2.40. The van der Waals surface area contributed by atoms with Gasteiger partial charge in [-0.25, -0.2) is 0 Å². The molecule has 1 aliphatic rings. The molecule has 2 unspecified atom stereocenters. The molecular formula is C13H24N2O2. The number of hydrogen-bond acceptors (Lipinski definition) is 3. The fourth-order valence-corrected chi connectivity index (χ4v) is 2.01. The van der Waals surface area contributed by atoms with Gasteiger partial charge in [-0.1, -0.05) is 6.08 Å². The molecule has 1 heterocycles. The molecule has 2 N–H and O–H groups in total. The van der Waals surface area contributed by atoms with Crippen LogP contribution in [0.15, 0.2) is 12.7 Å². The highest BCUT2D eigenvalue weighted by molar-refractivity contribution is 5.84. The van der Waals surface area contributed by atoms with Crippen molar-refractivity contribution in [2.45, 2.75) is 39.3 Å². The molecule has 98 valence electrons. The molecule has 0 spiro atoms. The summed E-state index contributed by atoms with van der Waals surface area (Å²) in [5.74, 6) is 0.0508. The van der Waals surface area contributed by atoms with Gasteiger partial charge < -0.3 is 15.4 Å². The van der Waals surface area contributed by atoms with Crippen LogP contribution in [0.5, 0.6) is 0 Å². The first-order valence-corrected chi connectivity index (χ1v) is 6.00. The standard InChI is InChI=1S/C13H24N2O2/c1-6-7-15(12(2,3)4)11(16)13(5)9-17-8-10(13)14/h6,10H,1,7-9,14H2,2-5H3. The molecule has 17 heavy (non-hydrogen) atoms. The normalized spacial score (nSPS) is 29.1. The summed E-state index contributed by atoms with van der Waals surface area (Å²) in [4.78, 5) is 14.4. The van der Waals surface area contributed by atoms with E-state index in [0.29, 0.717) is 19.8 Å². The van der Waals surface area contributed by atoms with Gasteiger partial charge in [0.2, 0.25) is 5.91 Å². The van der Waals surface area contributed by atoms with E-state index in [2.05, 4.69) is 6.58 Å². The molecule has 1 fully saturated rings. The third-order valence-corrected chi connectivity index (χ3v) is 3.37. The van der Waals surface area contributed by atoms with E-state index in [-0.39, 0.29) is 17.5 Å². The smallest absolute Gasteiger partial charge is 0.233 e. The molecular weight excluding hydrogens is 216 g/mol. The summed E-state index contributed by atoms with van der Waals surface area (Å²) in [6.07, 6.45) is 1.74. The molecule has 1 amide bonds. The van der Waals surface area contributed by atoms with Crippen LogP contribution in [0.3, 0.4) is 0 Å². The second kappa shape index (κ2) is 4.78. The van der Waals surface area contributed by atoms with E-state index < -0.39 is 5.41 Å². The minimum Gasteiger partial charge on any atom is -0.379 e. The van der Waals surface area contributed by atoms with Gasteiger partial charge in [-0.05, 0) is 27.7 Å². The third-order valence-electron chi connectivity index (χ3n) is 3.37. The van der Waals surface area contributed by atoms with Gasteiger partial charge in [0, 0.05) is 18.1 Å². The fourth-order valence-electron chi connectivity index (χ4n) is 2.01. The maximum Gasteiger partial charge on any atom is 0.233 e. The van der Waals surface area contributed by atoms with Crippen molar-refractivity contribution in [1.82, 2.24) is 4.90 Å². The highest BCUT2D eigenvalue weighted by Crippen LogP contribution is 2.32. The predicted molar refractivity (Wildman–Crippen MR) is 68.6 cm³/mol. The second-order valence-corrected chi connectivity index (χ2v) is 5.91. The van der Waals surface area contributed by atoms with Gasteiger partial charge in [0.1, 0.15) is 0 Å². The number of nitrogens with zero attached hydrogens (tertiary/aromatic N) is 1. The topological polar surface area (TPSA) is 55.6 Å². The summed E-state index contributed by atoms with van der Waals surface area (Å²) >= 11 is 0. The highest BCUT2D eigenvalue weighted by Gasteiger charge is 2.47. The van der Waals surface area contributed by atoms with Crippen molar-refractivity contribution in [2.75, 3.05) is 19.8 Å². The summed E-state index contributed by atoms with van der Waals surface area (Å²) in [5, 5.41) is 0. The van der Waals surface area contributed by atoms with Crippen LogP contribution in [0.1, 0.15) is 27.7 Å². The molecule has 4 nitrogen and oxygen atoms in total. The van der Waals surface area contributed by atoms with E-state index in [1.165, 1.54) is 0 Å². The van der Waals surface area contributed by atoms with Crippen molar-refractivity contribution in [2.24, 2.45) is 11.1 Å². The van der Waals surface area contributed by atoms with Crippen LogP contribution in [0.25, 0.3) is 0 Å². The van der Waals surface area contributed by atoms with Crippen molar-refractivity contribution >= 4 is 5.91 Å². The minimum absolute atomic E-state index is 0.0508. The highest BCUT2D eigenvalue weighted by atomic mass is 16.5. The number of nitrogens with two attached hydrogens (primary N) is 1. The van der Waals surface area contributed by atoms with Crippen LogP contribution in [0.4, 0.5) is 0 Å². The van der Waals surface area contributed by atoms with Gasteiger partial charge in [-0.3, -0.25) is 4.79 Å². The van der Waals surface area contributed by atoms with Crippen molar-refractivity contribution in [3.8, 4) is 0 Å². The van der Waals surface area contributed by atoms with Crippen LogP contribution < -0.4 is 5.73 Å². The van der Waals surface area contributed by atoms with Crippen molar-refractivity contribution in [1.29, 1.82) is 0 Å². The Morgan fingerprint density at radius 1 is 1.65 bits per heavy atom. The molecule has 0 saturated carbocycles. The first-order valence-electron chi connectivity index (χ1n) is 6.00. The number of hydrogen-bond donors (Lipinski definition) is 1. The maximum atomic E-state index is 12.6. The van der Waals surface area contributed by atoms with Crippen LogP contribution in [0.2, 0.25) is 0 Å². The third kappa shape index (κ3) is 2.69. The molecule has 0 aromatic rings. The zero-order valence-electron chi connectivity index (χ0n) is 11.3. The van der Waals surface area contributed by atoms with Crippen molar-refractivity contribution in [3.63, 3.8) is 0 Å². The molecule has 1 saturated heterocycles. The summed E-state index contributed by atoms with van der Waals surface area (Å²) in [6.45, 7) is 13.0.